The number of piperazine rings is 5. The minimum Gasteiger partial charge on any atom is -0.481 e. The number of fused-ring (bicyclic) bond motifs is 5. The first-order chi connectivity index (χ1) is 40.0. The zero-order chi connectivity index (χ0) is 63.6. The summed E-state index contributed by atoms with van der Waals surface area (Å²) in [4.78, 5) is 108. The largest absolute Gasteiger partial charge is 0.481 e. The van der Waals surface area contributed by atoms with Gasteiger partial charge in [0.15, 0.2) is 0 Å². The number of aliphatic hydroxyl groups is 1. The average molecular weight is 1220 g/mol. The Morgan fingerprint density at radius 1 is 0.430 bits per heavy atom. The van der Waals surface area contributed by atoms with Crippen LogP contribution in [0.5, 0.6) is 0 Å². The van der Waals surface area contributed by atoms with E-state index >= 15 is 0 Å². The van der Waals surface area contributed by atoms with Crippen LogP contribution in [-0.4, -0.2) is 336 Å². The molecule has 10 saturated heterocycles. The topological polar surface area (TPSA) is 241 Å². The van der Waals surface area contributed by atoms with Gasteiger partial charge in [-0.05, 0) is 117 Å². The Kier molecular flexibility index (Phi) is 21.9. The molecular formula is C61H109N13O12. The van der Waals surface area contributed by atoms with Crippen LogP contribution in [0.1, 0.15) is 130 Å². The molecule has 11 rings (SSSR count). The average Bonchev–Trinajstić information content (AvgIpc) is 1.68. The van der Waals surface area contributed by atoms with Gasteiger partial charge in [-0.15, -0.1) is 0 Å². The van der Waals surface area contributed by atoms with Crippen molar-refractivity contribution < 1.29 is 58.4 Å². The first kappa shape index (κ1) is 68.5. The molecule has 1 saturated carbocycles. The molecule has 0 aromatic heterocycles. The molecule has 3 N–H and O–H groups in total. The third kappa shape index (κ3) is 16.7. The Balaban J connectivity index is 0.000000155. The van der Waals surface area contributed by atoms with Crippen LogP contribution in [0.2, 0.25) is 0 Å². The van der Waals surface area contributed by atoms with Gasteiger partial charge in [-0.2, -0.15) is 0 Å². The van der Waals surface area contributed by atoms with Crippen LogP contribution in [0.15, 0.2) is 0 Å². The third-order valence-electron chi connectivity index (χ3n) is 19.4. The first-order valence-electron chi connectivity index (χ1n) is 31.8. The third-order valence-corrected chi connectivity index (χ3v) is 19.4. The number of aliphatic carboxylic acids is 2. The predicted molar refractivity (Wildman–Crippen MR) is 326 cm³/mol. The summed E-state index contributed by atoms with van der Waals surface area (Å²) in [5, 5.41) is 27.1. The molecule has 490 valence electrons. The number of urea groups is 3. The van der Waals surface area contributed by atoms with Crippen LogP contribution in [0.25, 0.3) is 0 Å². The maximum absolute atomic E-state index is 12.7. The first-order valence-corrected chi connectivity index (χ1v) is 31.8. The minimum absolute atomic E-state index is 0.0509. The van der Waals surface area contributed by atoms with Crippen molar-refractivity contribution >= 4 is 42.2 Å². The number of β-amino-alcohol motifs (C(OH)–C–C–N with tert-alkyl or cyclic N) is 1. The Labute approximate surface area is 512 Å². The molecule has 7 unspecified atom stereocenters. The molecule has 11 fully saturated rings. The number of carbonyl (C=O) groups excluding carboxylic acids is 5. The Morgan fingerprint density at radius 2 is 0.814 bits per heavy atom. The summed E-state index contributed by atoms with van der Waals surface area (Å²) >= 11 is 0. The lowest BCUT2D eigenvalue weighted by atomic mass is 10.0. The summed E-state index contributed by atoms with van der Waals surface area (Å²) in [6, 6.07) is 1.17. The fraction of sp³-hybridized carbons (Fsp3) is 0.885. The highest BCUT2D eigenvalue weighted by molar-refractivity contribution is 5.82. The second-order valence-corrected chi connectivity index (χ2v) is 30.2. The van der Waals surface area contributed by atoms with Crippen molar-refractivity contribution in [2.45, 2.75) is 193 Å². The summed E-state index contributed by atoms with van der Waals surface area (Å²) in [6.07, 6.45) is 3.14. The van der Waals surface area contributed by atoms with E-state index in [9.17, 15) is 38.7 Å². The molecule has 0 radical (unpaired) electrons. The highest BCUT2D eigenvalue weighted by Gasteiger charge is 2.50. The van der Waals surface area contributed by atoms with Crippen molar-refractivity contribution in [1.29, 1.82) is 0 Å². The Hall–Kier alpha value is -4.95. The van der Waals surface area contributed by atoms with Crippen LogP contribution < -0.4 is 0 Å². The second kappa shape index (κ2) is 27.4. The fourth-order valence-electron chi connectivity index (χ4n) is 14.0. The SMILES string of the molecule is CC(C)(C)N1CCN2C(=O)N(C3CCCC3C(=O)O)CC2C1.CC(C)(C)N1CCN2C(=O)N(CC(=O)O)CC2C1.CC(C)(C)N1CCN2C(=O)N(CCO)CC2C1.CC(C)(C)N1CCN2C(=O)OCC2C1.CC(C)(C)N1CCN2C(=O)OCCC2C1. The van der Waals surface area contributed by atoms with Crippen LogP contribution in [0.3, 0.4) is 0 Å². The molecule has 0 spiro atoms. The second-order valence-electron chi connectivity index (χ2n) is 30.2. The van der Waals surface area contributed by atoms with Crippen molar-refractivity contribution in [3.8, 4) is 0 Å². The van der Waals surface area contributed by atoms with Gasteiger partial charge in [-0.25, -0.2) is 24.0 Å². The van der Waals surface area contributed by atoms with E-state index in [4.69, 9.17) is 19.7 Å². The molecule has 11 aliphatic rings. The summed E-state index contributed by atoms with van der Waals surface area (Å²) in [5.41, 5.74) is 0.763. The maximum atomic E-state index is 12.7. The molecule has 25 heteroatoms. The normalized spacial score (nSPS) is 28.8. The van der Waals surface area contributed by atoms with Crippen LogP contribution in [-0.2, 0) is 19.1 Å². The number of rotatable bonds is 6. The van der Waals surface area contributed by atoms with Gasteiger partial charge in [0.1, 0.15) is 13.2 Å². The summed E-state index contributed by atoms with van der Waals surface area (Å²) in [6.45, 7) is 49.5. The highest BCUT2D eigenvalue weighted by atomic mass is 16.6. The number of carboxylic acid groups (broad SMARTS) is 2. The van der Waals surface area contributed by atoms with Crippen LogP contribution in [0, 0.1) is 5.92 Å². The lowest BCUT2D eigenvalue weighted by Crippen LogP contribution is -2.61. The van der Waals surface area contributed by atoms with E-state index in [1.807, 2.05) is 29.4 Å². The van der Waals surface area contributed by atoms with Crippen molar-refractivity contribution in [2.24, 2.45) is 5.92 Å². The van der Waals surface area contributed by atoms with E-state index in [0.29, 0.717) is 57.9 Å². The number of carbonyl (C=O) groups is 7. The smallest absolute Gasteiger partial charge is 0.410 e. The van der Waals surface area contributed by atoms with Crippen LogP contribution >= 0.6 is 0 Å². The number of cyclic esters (lactones) is 2. The standard InChI is InChI=1S/C16H27N3O3.C12H21N3O3.C12H23N3O2.C11H20N2O2.C10H18N2O2/c1-16(2,3)17-7-8-18-11(9-17)10-19(15(18)22)13-6-4-5-12(13)14(20)21;1-12(2,3)14-4-5-15-9(7-14)6-13(11(15)18)8-10(16)17;1-12(2,3)14-4-5-15-10(9-14)8-13(6-7-16)11(15)17;1-11(2,3)12-5-6-13-9(8-12)4-7-15-10(13)14;1-10(2,3)11-4-5-12-8(6-11)7-14-9(12)13/h11-13H,4-10H2,1-3H3,(H,20,21);9H,4-8H2,1-3H3,(H,16,17);10,16H,4-9H2,1-3H3;9H,4-8H2,1-3H3;8H,4-7H2,1-3H3. The molecule has 25 nitrogen and oxygen atoms in total. The predicted octanol–water partition coefficient (Wildman–Crippen LogP) is 4.18. The molecule has 10 aliphatic heterocycles. The Morgan fingerprint density at radius 3 is 1.26 bits per heavy atom. The number of amides is 8. The fourth-order valence-corrected chi connectivity index (χ4v) is 14.0. The molecule has 8 amide bonds. The van der Waals surface area contributed by atoms with Gasteiger partial charge >= 0.3 is 42.2 Å². The van der Waals surface area contributed by atoms with Crippen LogP contribution in [0.4, 0.5) is 24.0 Å². The molecule has 1 aliphatic carbocycles. The highest BCUT2D eigenvalue weighted by Crippen LogP contribution is 2.36. The summed E-state index contributed by atoms with van der Waals surface area (Å²) < 4.78 is 10.1. The van der Waals surface area contributed by atoms with Gasteiger partial charge in [0, 0.05) is 165 Å². The van der Waals surface area contributed by atoms with E-state index in [1.54, 1.807) is 4.90 Å². The number of ether oxygens (including phenoxy) is 2. The minimum atomic E-state index is -0.948. The number of hydrogen-bond acceptors (Lipinski definition) is 15. The van der Waals surface area contributed by atoms with E-state index in [-0.39, 0.29) is 101 Å². The van der Waals surface area contributed by atoms with Crippen molar-refractivity contribution in [2.75, 3.05) is 151 Å². The monoisotopic (exact) mass is 1220 g/mol. The van der Waals surface area contributed by atoms with Gasteiger partial charge in [-0.3, -0.25) is 39.0 Å². The molecular weight excluding hydrogens is 1110 g/mol. The van der Waals surface area contributed by atoms with Gasteiger partial charge in [0.25, 0.3) is 0 Å². The van der Waals surface area contributed by atoms with Gasteiger partial charge in [0.05, 0.1) is 49.3 Å². The van der Waals surface area contributed by atoms with Crippen molar-refractivity contribution in [3.05, 3.63) is 0 Å². The molecule has 0 bridgehead atoms. The van der Waals surface area contributed by atoms with Gasteiger partial charge in [-0.1, -0.05) is 6.42 Å². The van der Waals surface area contributed by atoms with E-state index in [1.165, 1.54) is 4.90 Å². The van der Waals surface area contributed by atoms with E-state index in [0.717, 1.165) is 117 Å². The summed E-state index contributed by atoms with van der Waals surface area (Å²) in [7, 11) is 0. The van der Waals surface area contributed by atoms with Gasteiger partial charge < -0.3 is 59.1 Å². The molecule has 10 heterocycles. The van der Waals surface area contributed by atoms with Crippen molar-refractivity contribution in [3.63, 3.8) is 0 Å². The van der Waals surface area contributed by atoms with Gasteiger partial charge in [0.2, 0.25) is 0 Å². The maximum Gasteiger partial charge on any atom is 0.410 e. The number of carboxylic acids is 2. The molecule has 0 aromatic carbocycles. The number of nitrogens with zero attached hydrogens (tertiary/aromatic N) is 13. The zero-order valence-electron chi connectivity index (χ0n) is 55.0. The molecule has 0 aromatic rings. The quantitative estimate of drug-likeness (QED) is 0.338. The molecule has 7 atom stereocenters. The zero-order valence-corrected chi connectivity index (χ0v) is 55.0. The van der Waals surface area contributed by atoms with E-state index < -0.39 is 11.9 Å². The Bertz CT molecular complexity index is 2380. The number of aliphatic hydroxyl groups excluding tert-OH is 1. The van der Waals surface area contributed by atoms with E-state index in [2.05, 4.69) is 128 Å². The summed E-state index contributed by atoms with van der Waals surface area (Å²) in [5.74, 6) is -2.09. The lowest BCUT2D eigenvalue weighted by molar-refractivity contribution is -0.143. The van der Waals surface area contributed by atoms with Crippen molar-refractivity contribution in [1.82, 2.24) is 63.7 Å². The lowest BCUT2D eigenvalue weighted by Gasteiger charge is -2.47. The molecule has 86 heavy (non-hydrogen) atoms. The number of hydrogen-bond donors (Lipinski definition) is 3.